The highest BCUT2D eigenvalue weighted by molar-refractivity contribution is 5.91. The van der Waals surface area contributed by atoms with Crippen LogP contribution in [0.5, 0.6) is 0 Å². The van der Waals surface area contributed by atoms with Gasteiger partial charge in [0, 0.05) is 17.6 Å². The quantitative estimate of drug-likeness (QED) is 0.779. The van der Waals surface area contributed by atoms with E-state index in [0.29, 0.717) is 6.04 Å². The van der Waals surface area contributed by atoms with Gasteiger partial charge in [0.2, 0.25) is 0 Å². The fourth-order valence-electron chi connectivity index (χ4n) is 2.37. The van der Waals surface area contributed by atoms with Gasteiger partial charge >= 0.3 is 0 Å². The minimum atomic E-state index is 0.459. The summed E-state index contributed by atoms with van der Waals surface area (Å²) in [7, 11) is 2.00. The number of anilines is 1. The summed E-state index contributed by atoms with van der Waals surface area (Å²) in [5.41, 5.74) is 3.48. The van der Waals surface area contributed by atoms with Crippen molar-refractivity contribution >= 4 is 16.6 Å². The molecule has 2 N–H and O–H groups in total. The van der Waals surface area contributed by atoms with Crippen molar-refractivity contribution in [2.45, 2.75) is 32.7 Å². The standard InChI is InChI=1S/C16H23N3/c1-12-10-14-7-5-9-18-16(14)15(11-12)19-13(2)6-4-8-17-3/h5,7,9-11,13,17,19H,4,6,8H2,1-3H3. The van der Waals surface area contributed by atoms with E-state index in [4.69, 9.17) is 0 Å². The maximum Gasteiger partial charge on any atom is 0.0933 e. The van der Waals surface area contributed by atoms with E-state index in [-0.39, 0.29) is 0 Å². The van der Waals surface area contributed by atoms with E-state index in [1.54, 1.807) is 0 Å². The van der Waals surface area contributed by atoms with Gasteiger partial charge in [0.15, 0.2) is 0 Å². The highest BCUT2D eigenvalue weighted by Gasteiger charge is 2.07. The molecular weight excluding hydrogens is 234 g/mol. The fraction of sp³-hybridized carbons (Fsp3) is 0.438. The van der Waals surface area contributed by atoms with Gasteiger partial charge in [-0.1, -0.05) is 6.07 Å². The predicted molar refractivity (Wildman–Crippen MR) is 82.7 cm³/mol. The van der Waals surface area contributed by atoms with Crippen LogP contribution >= 0.6 is 0 Å². The highest BCUT2D eigenvalue weighted by atomic mass is 14.9. The molecular formula is C16H23N3. The lowest BCUT2D eigenvalue weighted by Crippen LogP contribution is -2.18. The molecule has 3 nitrogen and oxygen atoms in total. The van der Waals surface area contributed by atoms with Crippen LogP contribution in [0.2, 0.25) is 0 Å². The molecule has 2 rings (SSSR count). The number of hydrogen-bond donors (Lipinski definition) is 2. The lowest BCUT2D eigenvalue weighted by atomic mass is 10.1. The van der Waals surface area contributed by atoms with Crippen LogP contribution in [0, 0.1) is 6.92 Å². The highest BCUT2D eigenvalue weighted by Crippen LogP contribution is 2.24. The van der Waals surface area contributed by atoms with Gasteiger partial charge in [0.25, 0.3) is 0 Å². The first-order valence-electron chi connectivity index (χ1n) is 6.97. The number of rotatable bonds is 6. The summed E-state index contributed by atoms with van der Waals surface area (Å²) in [6.45, 7) is 5.43. The van der Waals surface area contributed by atoms with Crippen molar-refractivity contribution < 1.29 is 0 Å². The number of benzene rings is 1. The average molecular weight is 257 g/mol. The van der Waals surface area contributed by atoms with E-state index in [2.05, 4.69) is 47.7 Å². The molecule has 0 saturated heterocycles. The van der Waals surface area contributed by atoms with Crippen LogP contribution in [0.25, 0.3) is 10.9 Å². The molecule has 0 radical (unpaired) electrons. The van der Waals surface area contributed by atoms with Gasteiger partial charge < -0.3 is 10.6 Å². The number of fused-ring (bicyclic) bond motifs is 1. The molecule has 1 aromatic heterocycles. The zero-order valence-electron chi connectivity index (χ0n) is 12.0. The lowest BCUT2D eigenvalue weighted by Gasteiger charge is -2.17. The molecule has 0 bridgehead atoms. The summed E-state index contributed by atoms with van der Waals surface area (Å²) in [4.78, 5) is 4.50. The topological polar surface area (TPSA) is 37.0 Å². The number of pyridine rings is 1. The van der Waals surface area contributed by atoms with Crippen LogP contribution in [0.15, 0.2) is 30.5 Å². The van der Waals surface area contributed by atoms with Crippen molar-refractivity contribution in [3.8, 4) is 0 Å². The number of aryl methyl sites for hydroxylation is 1. The van der Waals surface area contributed by atoms with E-state index in [1.165, 1.54) is 17.4 Å². The third kappa shape index (κ3) is 3.67. The average Bonchev–Trinajstić information content (AvgIpc) is 2.39. The van der Waals surface area contributed by atoms with Crippen molar-refractivity contribution in [2.24, 2.45) is 0 Å². The van der Waals surface area contributed by atoms with Crippen LogP contribution in [-0.2, 0) is 0 Å². The van der Waals surface area contributed by atoms with Gasteiger partial charge in [0.05, 0.1) is 11.2 Å². The van der Waals surface area contributed by atoms with E-state index in [1.807, 2.05) is 19.3 Å². The predicted octanol–water partition coefficient (Wildman–Crippen LogP) is 3.34. The van der Waals surface area contributed by atoms with Gasteiger partial charge in [-0.3, -0.25) is 4.98 Å². The Morgan fingerprint density at radius 3 is 2.95 bits per heavy atom. The van der Waals surface area contributed by atoms with Gasteiger partial charge in [-0.15, -0.1) is 0 Å². The van der Waals surface area contributed by atoms with Crippen LogP contribution in [-0.4, -0.2) is 24.6 Å². The van der Waals surface area contributed by atoms with Crippen LogP contribution in [0.3, 0.4) is 0 Å². The molecule has 0 spiro atoms. The summed E-state index contributed by atoms with van der Waals surface area (Å²) in [5.74, 6) is 0. The Labute approximate surface area is 115 Å². The van der Waals surface area contributed by atoms with E-state index < -0.39 is 0 Å². The Kier molecular flexibility index (Phi) is 4.74. The first-order chi connectivity index (χ1) is 9.20. The third-order valence-corrected chi connectivity index (χ3v) is 3.32. The molecule has 19 heavy (non-hydrogen) atoms. The van der Waals surface area contributed by atoms with Crippen LogP contribution in [0.4, 0.5) is 5.69 Å². The van der Waals surface area contributed by atoms with Crippen LogP contribution in [0.1, 0.15) is 25.3 Å². The summed E-state index contributed by atoms with van der Waals surface area (Å²) in [6, 6.07) is 8.93. The van der Waals surface area contributed by atoms with Crippen molar-refractivity contribution in [3.05, 3.63) is 36.0 Å². The molecule has 1 heterocycles. The minimum Gasteiger partial charge on any atom is -0.381 e. The number of nitrogens with zero attached hydrogens (tertiary/aromatic N) is 1. The molecule has 0 amide bonds. The number of aromatic nitrogens is 1. The van der Waals surface area contributed by atoms with Crippen molar-refractivity contribution in [3.63, 3.8) is 0 Å². The van der Waals surface area contributed by atoms with Crippen molar-refractivity contribution in [1.29, 1.82) is 0 Å². The Morgan fingerprint density at radius 2 is 2.16 bits per heavy atom. The van der Waals surface area contributed by atoms with E-state index in [9.17, 15) is 0 Å². The van der Waals surface area contributed by atoms with Gasteiger partial charge in [0.1, 0.15) is 0 Å². The monoisotopic (exact) mass is 257 g/mol. The Bertz CT molecular complexity index is 537. The fourth-order valence-corrected chi connectivity index (χ4v) is 2.37. The molecule has 2 aromatic rings. The first-order valence-corrected chi connectivity index (χ1v) is 6.97. The minimum absolute atomic E-state index is 0.459. The maximum absolute atomic E-state index is 4.50. The Hall–Kier alpha value is -1.61. The zero-order chi connectivity index (χ0) is 13.7. The zero-order valence-corrected chi connectivity index (χ0v) is 12.0. The molecule has 0 saturated carbocycles. The molecule has 0 aliphatic heterocycles. The van der Waals surface area contributed by atoms with E-state index >= 15 is 0 Å². The second-order valence-electron chi connectivity index (χ2n) is 5.18. The van der Waals surface area contributed by atoms with Crippen LogP contribution < -0.4 is 10.6 Å². The number of nitrogens with one attached hydrogen (secondary N) is 2. The Balaban J connectivity index is 2.15. The lowest BCUT2D eigenvalue weighted by molar-refractivity contribution is 0.625. The smallest absolute Gasteiger partial charge is 0.0933 e. The molecule has 102 valence electrons. The summed E-state index contributed by atoms with van der Waals surface area (Å²) < 4.78 is 0. The molecule has 1 atom stereocenters. The molecule has 0 fully saturated rings. The largest absolute Gasteiger partial charge is 0.381 e. The molecule has 0 aliphatic carbocycles. The SMILES string of the molecule is CNCCCC(C)Nc1cc(C)cc2cccnc12. The maximum atomic E-state index is 4.50. The summed E-state index contributed by atoms with van der Waals surface area (Å²) in [6.07, 6.45) is 4.19. The molecule has 3 heteroatoms. The second kappa shape index (κ2) is 6.53. The van der Waals surface area contributed by atoms with Gasteiger partial charge in [-0.05, 0) is 64.0 Å². The molecule has 1 unspecified atom stereocenters. The Morgan fingerprint density at radius 1 is 1.32 bits per heavy atom. The second-order valence-corrected chi connectivity index (χ2v) is 5.18. The van der Waals surface area contributed by atoms with Crippen molar-refractivity contribution in [2.75, 3.05) is 18.9 Å². The van der Waals surface area contributed by atoms with Gasteiger partial charge in [-0.2, -0.15) is 0 Å². The molecule has 0 aliphatic rings. The first kappa shape index (κ1) is 13.8. The van der Waals surface area contributed by atoms with Crippen molar-refractivity contribution in [1.82, 2.24) is 10.3 Å². The number of hydrogen-bond acceptors (Lipinski definition) is 3. The summed E-state index contributed by atoms with van der Waals surface area (Å²) >= 11 is 0. The summed E-state index contributed by atoms with van der Waals surface area (Å²) in [5, 5.41) is 7.98. The normalized spacial score (nSPS) is 12.6. The van der Waals surface area contributed by atoms with E-state index in [0.717, 1.165) is 24.2 Å². The third-order valence-electron chi connectivity index (χ3n) is 3.32. The molecule has 1 aromatic carbocycles. The van der Waals surface area contributed by atoms with Gasteiger partial charge in [-0.25, -0.2) is 0 Å².